The molecule has 1 aromatic carbocycles. The number of nitrogens with zero attached hydrogens (tertiary/aromatic N) is 2. The van der Waals surface area contributed by atoms with Gasteiger partial charge in [0.05, 0.1) is 23.1 Å². The molecule has 3 N–H and O–H groups in total. The van der Waals surface area contributed by atoms with Gasteiger partial charge in [0, 0.05) is 6.07 Å². The van der Waals surface area contributed by atoms with Crippen molar-refractivity contribution in [3.05, 3.63) is 33.9 Å². The topological polar surface area (TPSA) is 145 Å². The fraction of sp³-hybridized carbons (Fsp3) is 0.182. The number of nitro benzene ring substituents is 1. The Morgan fingerprint density at radius 1 is 1.40 bits per heavy atom. The number of nitriles is 1. The van der Waals surface area contributed by atoms with E-state index in [9.17, 15) is 19.7 Å². The van der Waals surface area contributed by atoms with Gasteiger partial charge in [0.25, 0.3) is 5.69 Å². The maximum absolute atomic E-state index is 11.3. The van der Waals surface area contributed by atoms with Crippen molar-refractivity contribution < 1.29 is 19.6 Å². The molecule has 9 heteroatoms. The molecule has 0 heterocycles. The van der Waals surface area contributed by atoms with Crippen molar-refractivity contribution in [2.45, 2.75) is 0 Å². The van der Waals surface area contributed by atoms with Crippen molar-refractivity contribution in [3.63, 3.8) is 0 Å². The molecule has 0 unspecified atom stereocenters. The van der Waals surface area contributed by atoms with Crippen LogP contribution in [0.3, 0.4) is 0 Å². The van der Waals surface area contributed by atoms with Gasteiger partial charge in [0.1, 0.15) is 12.2 Å². The summed E-state index contributed by atoms with van der Waals surface area (Å²) in [5.41, 5.74) is -0.146. The molecule has 0 radical (unpaired) electrons. The lowest BCUT2D eigenvalue weighted by Crippen LogP contribution is -2.33. The summed E-state index contributed by atoms with van der Waals surface area (Å²) >= 11 is 0. The second-order valence-corrected chi connectivity index (χ2v) is 3.62. The molecule has 0 fully saturated rings. The number of nitrogens with one attached hydrogen (secondary N) is 2. The standard InChI is InChI=1S/C11H10N4O5/c12-4-7-1-2-8(9(3-7)15(19)20)13-5-10(16)14-6-11(17)18/h1-3,13H,5-6H2,(H,14,16)(H,17,18). The molecular formula is C11H10N4O5. The molecule has 0 aliphatic carbocycles. The summed E-state index contributed by atoms with van der Waals surface area (Å²) in [7, 11) is 0. The fourth-order valence-corrected chi connectivity index (χ4v) is 1.31. The van der Waals surface area contributed by atoms with E-state index in [4.69, 9.17) is 10.4 Å². The molecule has 0 spiro atoms. The lowest BCUT2D eigenvalue weighted by molar-refractivity contribution is -0.384. The van der Waals surface area contributed by atoms with Crippen LogP contribution in [-0.4, -0.2) is 35.0 Å². The highest BCUT2D eigenvalue weighted by Gasteiger charge is 2.15. The number of carboxylic acids is 1. The number of hydrogen-bond donors (Lipinski definition) is 3. The summed E-state index contributed by atoms with van der Waals surface area (Å²) in [5.74, 6) is -1.81. The Bertz CT molecular complexity index is 593. The van der Waals surface area contributed by atoms with Crippen LogP contribution in [0, 0.1) is 21.4 Å². The normalized spacial score (nSPS) is 9.35. The van der Waals surface area contributed by atoms with E-state index in [1.165, 1.54) is 12.1 Å². The van der Waals surface area contributed by atoms with E-state index in [-0.39, 0.29) is 23.5 Å². The Morgan fingerprint density at radius 2 is 2.10 bits per heavy atom. The van der Waals surface area contributed by atoms with E-state index in [2.05, 4.69) is 10.6 Å². The molecule has 0 aromatic heterocycles. The van der Waals surface area contributed by atoms with E-state index in [0.717, 1.165) is 6.07 Å². The molecule has 0 atom stereocenters. The summed E-state index contributed by atoms with van der Waals surface area (Å²) in [6, 6.07) is 5.52. The molecule has 9 nitrogen and oxygen atoms in total. The van der Waals surface area contributed by atoms with Gasteiger partial charge in [-0.05, 0) is 12.1 Å². The van der Waals surface area contributed by atoms with Gasteiger partial charge < -0.3 is 15.7 Å². The number of carboxylic acid groups (broad SMARTS) is 1. The van der Waals surface area contributed by atoms with Crippen LogP contribution in [0.4, 0.5) is 11.4 Å². The molecule has 1 rings (SSSR count). The van der Waals surface area contributed by atoms with Gasteiger partial charge in [-0.2, -0.15) is 5.26 Å². The monoisotopic (exact) mass is 278 g/mol. The van der Waals surface area contributed by atoms with Crippen molar-refractivity contribution in [3.8, 4) is 6.07 Å². The molecule has 104 valence electrons. The Labute approximate surface area is 113 Å². The highest BCUT2D eigenvalue weighted by molar-refractivity contribution is 5.85. The van der Waals surface area contributed by atoms with Gasteiger partial charge in [-0.3, -0.25) is 19.7 Å². The van der Waals surface area contributed by atoms with Crippen molar-refractivity contribution >= 4 is 23.3 Å². The molecule has 0 saturated heterocycles. The van der Waals surface area contributed by atoms with E-state index >= 15 is 0 Å². The highest BCUT2D eigenvalue weighted by atomic mass is 16.6. The SMILES string of the molecule is N#Cc1ccc(NCC(=O)NCC(=O)O)c([N+](=O)[O-])c1. The Hall–Kier alpha value is -3.15. The van der Waals surface area contributed by atoms with E-state index in [1.807, 2.05) is 0 Å². The smallest absolute Gasteiger partial charge is 0.322 e. The summed E-state index contributed by atoms with van der Waals surface area (Å²) < 4.78 is 0. The average molecular weight is 278 g/mol. The highest BCUT2D eigenvalue weighted by Crippen LogP contribution is 2.24. The van der Waals surface area contributed by atoms with Crippen LogP contribution in [0.15, 0.2) is 18.2 Å². The minimum absolute atomic E-state index is 0.0690. The number of benzene rings is 1. The molecule has 1 aromatic rings. The van der Waals surface area contributed by atoms with Gasteiger partial charge in [-0.1, -0.05) is 0 Å². The van der Waals surface area contributed by atoms with Crippen molar-refractivity contribution in [1.82, 2.24) is 5.32 Å². The number of rotatable bonds is 6. The number of nitro groups is 1. The average Bonchev–Trinajstić information content (AvgIpc) is 2.42. The molecule has 0 aliphatic rings. The van der Waals surface area contributed by atoms with E-state index in [0.29, 0.717) is 0 Å². The van der Waals surface area contributed by atoms with Crippen LogP contribution in [0.25, 0.3) is 0 Å². The van der Waals surface area contributed by atoms with E-state index < -0.39 is 23.3 Å². The molecular weight excluding hydrogens is 268 g/mol. The van der Waals surface area contributed by atoms with Gasteiger partial charge in [-0.25, -0.2) is 0 Å². The molecule has 0 bridgehead atoms. The van der Waals surface area contributed by atoms with E-state index in [1.54, 1.807) is 6.07 Å². The van der Waals surface area contributed by atoms with Crippen LogP contribution in [0.1, 0.15) is 5.56 Å². The van der Waals surface area contributed by atoms with Crippen molar-refractivity contribution in [2.75, 3.05) is 18.4 Å². The van der Waals surface area contributed by atoms with Gasteiger partial charge in [0.2, 0.25) is 5.91 Å². The van der Waals surface area contributed by atoms with Crippen LogP contribution < -0.4 is 10.6 Å². The van der Waals surface area contributed by atoms with Crippen LogP contribution >= 0.6 is 0 Å². The first-order valence-corrected chi connectivity index (χ1v) is 5.35. The van der Waals surface area contributed by atoms with Gasteiger partial charge >= 0.3 is 5.97 Å². The zero-order valence-electron chi connectivity index (χ0n) is 10.1. The summed E-state index contributed by atoms with van der Waals surface area (Å²) in [4.78, 5) is 31.6. The zero-order chi connectivity index (χ0) is 15.1. The number of carbonyl (C=O) groups is 2. The number of hydrogen-bond acceptors (Lipinski definition) is 6. The Morgan fingerprint density at radius 3 is 2.65 bits per heavy atom. The zero-order valence-corrected chi connectivity index (χ0v) is 10.1. The van der Waals surface area contributed by atoms with Crippen LogP contribution in [-0.2, 0) is 9.59 Å². The third kappa shape index (κ3) is 4.26. The molecule has 20 heavy (non-hydrogen) atoms. The molecule has 1 amide bonds. The first-order valence-electron chi connectivity index (χ1n) is 5.35. The second kappa shape index (κ2) is 6.69. The maximum atomic E-state index is 11.3. The number of carbonyl (C=O) groups excluding carboxylic acids is 1. The Kier molecular flexibility index (Phi) is 4.99. The third-order valence-corrected chi connectivity index (χ3v) is 2.20. The van der Waals surface area contributed by atoms with Crippen molar-refractivity contribution in [1.29, 1.82) is 5.26 Å². The molecule has 0 saturated carbocycles. The predicted octanol–water partition coefficient (Wildman–Crippen LogP) is 0.0792. The number of amides is 1. The number of anilines is 1. The largest absolute Gasteiger partial charge is 0.480 e. The lowest BCUT2D eigenvalue weighted by Gasteiger charge is -2.07. The summed E-state index contributed by atoms with van der Waals surface area (Å²) in [6.07, 6.45) is 0. The maximum Gasteiger partial charge on any atom is 0.322 e. The minimum atomic E-state index is -1.19. The van der Waals surface area contributed by atoms with Crippen LogP contribution in [0.2, 0.25) is 0 Å². The quantitative estimate of drug-likeness (QED) is 0.493. The summed E-state index contributed by atoms with van der Waals surface area (Å²) in [6.45, 7) is -0.851. The fourth-order valence-electron chi connectivity index (χ4n) is 1.31. The second-order valence-electron chi connectivity index (χ2n) is 3.62. The van der Waals surface area contributed by atoms with Gasteiger partial charge in [-0.15, -0.1) is 0 Å². The van der Waals surface area contributed by atoms with Crippen LogP contribution in [0.5, 0.6) is 0 Å². The third-order valence-electron chi connectivity index (χ3n) is 2.20. The predicted molar refractivity (Wildman–Crippen MR) is 66.9 cm³/mol. The summed E-state index contributed by atoms with van der Waals surface area (Å²) in [5, 5.41) is 32.5. The first kappa shape index (κ1) is 14.9. The minimum Gasteiger partial charge on any atom is -0.480 e. The Balaban J connectivity index is 2.73. The number of aliphatic carboxylic acids is 1. The first-order chi connectivity index (χ1) is 9.43. The lowest BCUT2D eigenvalue weighted by atomic mass is 10.2. The van der Waals surface area contributed by atoms with Gasteiger partial charge in [0.15, 0.2) is 0 Å². The molecule has 0 aliphatic heterocycles. The van der Waals surface area contributed by atoms with Crippen molar-refractivity contribution in [2.24, 2.45) is 0 Å².